The van der Waals surface area contributed by atoms with Gasteiger partial charge in [-0.1, -0.05) is 6.92 Å². The van der Waals surface area contributed by atoms with Crippen LogP contribution in [0.25, 0.3) is 10.9 Å². The van der Waals surface area contributed by atoms with Gasteiger partial charge in [-0.2, -0.15) is 0 Å². The number of halogens is 1. The van der Waals surface area contributed by atoms with E-state index in [9.17, 15) is 4.39 Å². The van der Waals surface area contributed by atoms with Crippen molar-refractivity contribution in [3.63, 3.8) is 0 Å². The van der Waals surface area contributed by atoms with Gasteiger partial charge < -0.3 is 0 Å². The maximum Gasteiger partial charge on any atom is 0.123 e. The van der Waals surface area contributed by atoms with Gasteiger partial charge in [-0.15, -0.1) is 0 Å². The van der Waals surface area contributed by atoms with Crippen LogP contribution in [0.2, 0.25) is 0 Å². The second-order valence-corrected chi connectivity index (χ2v) is 8.57. The van der Waals surface area contributed by atoms with Gasteiger partial charge in [0.1, 0.15) is 5.82 Å². The summed E-state index contributed by atoms with van der Waals surface area (Å²) in [6, 6.07) is 7.14. The summed E-state index contributed by atoms with van der Waals surface area (Å²) in [5, 5.41) is 1.03. The molecule has 0 saturated heterocycles. The topological polar surface area (TPSA) is 12.9 Å². The van der Waals surface area contributed by atoms with Crippen LogP contribution < -0.4 is 0 Å². The molecule has 1 heterocycles. The third kappa shape index (κ3) is 2.21. The molecule has 3 fully saturated rings. The van der Waals surface area contributed by atoms with E-state index in [4.69, 9.17) is 0 Å². The molecule has 0 radical (unpaired) electrons. The minimum atomic E-state index is -0.147. The van der Waals surface area contributed by atoms with E-state index in [1.807, 2.05) is 12.3 Å². The summed E-state index contributed by atoms with van der Waals surface area (Å²) < 4.78 is 13.7. The van der Waals surface area contributed by atoms with Crippen molar-refractivity contribution in [2.45, 2.75) is 51.4 Å². The molecule has 0 N–H and O–H groups in total. The fourth-order valence-electron chi connectivity index (χ4n) is 5.54. The molecule has 1 nitrogen and oxygen atoms in total. The zero-order valence-electron chi connectivity index (χ0n) is 13.8. The molecule has 3 aliphatic rings. The second kappa shape index (κ2) is 4.78. The van der Waals surface area contributed by atoms with Crippen LogP contribution in [0.4, 0.5) is 4.39 Å². The molecule has 23 heavy (non-hydrogen) atoms. The molecule has 3 saturated carbocycles. The Kier molecular flexibility index (Phi) is 2.90. The van der Waals surface area contributed by atoms with Gasteiger partial charge in [0.2, 0.25) is 0 Å². The Balaban J connectivity index is 1.42. The fraction of sp³-hybridized carbons (Fsp3) is 0.571. The van der Waals surface area contributed by atoms with Crippen molar-refractivity contribution in [3.8, 4) is 0 Å². The number of pyridine rings is 1. The number of aromatic nitrogens is 1. The van der Waals surface area contributed by atoms with Crippen molar-refractivity contribution >= 4 is 10.9 Å². The Morgan fingerprint density at radius 2 is 1.78 bits per heavy atom. The highest BCUT2D eigenvalue weighted by Gasteiger charge is 2.52. The average Bonchev–Trinajstić information content (AvgIpc) is 2.99. The Hall–Kier alpha value is -1.44. The van der Waals surface area contributed by atoms with Gasteiger partial charge in [0.25, 0.3) is 0 Å². The predicted octanol–water partition coefficient (Wildman–Crippen LogP) is 5.69. The van der Waals surface area contributed by atoms with Gasteiger partial charge in [-0.25, -0.2) is 4.39 Å². The van der Waals surface area contributed by atoms with E-state index in [0.29, 0.717) is 11.3 Å². The van der Waals surface area contributed by atoms with Gasteiger partial charge in [0.05, 0.1) is 5.52 Å². The predicted molar refractivity (Wildman–Crippen MR) is 90.7 cm³/mol. The summed E-state index contributed by atoms with van der Waals surface area (Å²) in [5.41, 5.74) is 2.95. The molecule has 0 aliphatic heterocycles. The second-order valence-electron chi connectivity index (χ2n) is 8.57. The van der Waals surface area contributed by atoms with Crippen molar-refractivity contribution in [1.29, 1.82) is 0 Å². The molecule has 0 spiro atoms. The van der Waals surface area contributed by atoms with E-state index in [-0.39, 0.29) is 5.82 Å². The summed E-state index contributed by atoms with van der Waals surface area (Å²) in [4.78, 5) is 4.41. The molecule has 2 unspecified atom stereocenters. The Morgan fingerprint density at radius 1 is 1.04 bits per heavy atom. The molecule has 2 heteroatoms. The molecular formula is C21H24FN. The quantitative estimate of drug-likeness (QED) is 0.694. The Bertz CT molecular complexity index is 750. The van der Waals surface area contributed by atoms with Gasteiger partial charge in [-0.05, 0) is 97.4 Å². The molecule has 2 aromatic rings. The normalized spacial score (nSPS) is 34.7. The summed E-state index contributed by atoms with van der Waals surface area (Å²) in [6.07, 6.45) is 10.3. The van der Waals surface area contributed by atoms with Gasteiger partial charge in [-0.3, -0.25) is 4.98 Å². The van der Waals surface area contributed by atoms with Crippen LogP contribution >= 0.6 is 0 Å². The molecule has 5 rings (SSSR count). The highest BCUT2D eigenvalue weighted by atomic mass is 19.1. The van der Waals surface area contributed by atoms with E-state index in [1.54, 1.807) is 6.07 Å². The first kappa shape index (κ1) is 13.9. The van der Waals surface area contributed by atoms with Crippen LogP contribution in [0.5, 0.6) is 0 Å². The maximum atomic E-state index is 13.7. The lowest BCUT2D eigenvalue weighted by Gasteiger charge is -2.21. The number of benzene rings is 1. The zero-order chi connectivity index (χ0) is 15.6. The van der Waals surface area contributed by atoms with Crippen LogP contribution in [0.3, 0.4) is 0 Å². The van der Waals surface area contributed by atoms with E-state index in [1.165, 1.54) is 50.2 Å². The lowest BCUT2D eigenvalue weighted by Crippen LogP contribution is -2.10. The van der Waals surface area contributed by atoms with E-state index >= 15 is 0 Å². The Labute approximate surface area is 137 Å². The zero-order valence-corrected chi connectivity index (χ0v) is 13.8. The summed E-state index contributed by atoms with van der Waals surface area (Å²) in [6.45, 7) is 2.50. The van der Waals surface area contributed by atoms with Gasteiger partial charge in [0.15, 0.2) is 0 Å². The number of fused-ring (bicyclic) bond motifs is 2. The third-order valence-electron chi connectivity index (χ3n) is 7.22. The number of hydrogen-bond acceptors (Lipinski definition) is 1. The van der Waals surface area contributed by atoms with Crippen molar-refractivity contribution in [1.82, 2.24) is 4.98 Å². The summed E-state index contributed by atoms with van der Waals surface area (Å²) >= 11 is 0. The van der Waals surface area contributed by atoms with Crippen molar-refractivity contribution in [2.75, 3.05) is 0 Å². The van der Waals surface area contributed by atoms with Gasteiger partial charge >= 0.3 is 0 Å². The lowest BCUT2D eigenvalue weighted by atomic mass is 9.84. The average molecular weight is 309 g/mol. The smallest absolute Gasteiger partial charge is 0.123 e. The SMILES string of the molecule is CC1(C2CC3CC(c4ccnc5ccc(F)cc45)CC3C2)CC1. The van der Waals surface area contributed by atoms with E-state index in [2.05, 4.69) is 18.0 Å². The fourth-order valence-corrected chi connectivity index (χ4v) is 5.54. The first-order chi connectivity index (χ1) is 11.1. The van der Waals surface area contributed by atoms with Crippen molar-refractivity contribution in [2.24, 2.45) is 23.2 Å². The molecule has 1 aromatic heterocycles. The van der Waals surface area contributed by atoms with Crippen molar-refractivity contribution in [3.05, 3.63) is 41.8 Å². The van der Waals surface area contributed by atoms with E-state index in [0.717, 1.165) is 28.7 Å². The molecule has 1 aromatic carbocycles. The third-order valence-corrected chi connectivity index (χ3v) is 7.22. The number of nitrogens with zero attached hydrogens (tertiary/aromatic N) is 1. The largest absolute Gasteiger partial charge is 0.256 e. The first-order valence-corrected chi connectivity index (χ1v) is 9.16. The minimum absolute atomic E-state index is 0.147. The number of rotatable bonds is 2. The van der Waals surface area contributed by atoms with Crippen LogP contribution in [-0.2, 0) is 0 Å². The lowest BCUT2D eigenvalue weighted by molar-refractivity contribution is 0.317. The first-order valence-electron chi connectivity index (χ1n) is 9.16. The highest BCUT2D eigenvalue weighted by molar-refractivity contribution is 5.82. The molecular weight excluding hydrogens is 285 g/mol. The van der Waals surface area contributed by atoms with Gasteiger partial charge in [0, 0.05) is 11.6 Å². The van der Waals surface area contributed by atoms with Crippen LogP contribution in [0, 0.1) is 29.0 Å². The van der Waals surface area contributed by atoms with Crippen LogP contribution in [-0.4, -0.2) is 4.98 Å². The van der Waals surface area contributed by atoms with Crippen LogP contribution in [0.15, 0.2) is 30.5 Å². The molecule has 2 atom stereocenters. The standard InChI is InChI=1S/C21H24FN/c1-21(5-6-21)16-10-13-8-15(9-14(13)11-16)18-4-7-23-20-3-2-17(22)12-19(18)20/h2-4,7,12-16H,5-6,8-11H2,1H3. The maximum absolute atomic E-state index is 13.7. The highest BCUT2D eigenvalue weighted by Crippen LogP contribution is 2.63. The number of hydrogen-bond donors (Lipinski definition) is 0. The monoisotopic (exact) mass is 309 g/mol. The minimum Gasteiger partial charge on any atom is -0.256 e. The Morgan fingerprint density at radius 3 is 2.48 bits per heavy atom. The molecule has 0 bridgehead atoms. The van der Waals surface area contributed by atoms with E-state index < -0.39 is 0 Å². The molecule has 0 amide bonds. The summed E-state index contributed by atoms with van der Waals surface area (Å²) in [5.74, 6) is 3.24. The molecule has 3 aliphatic carbocycles. The summed E-state index contributed by atoms with van der Waals surface area (Å²) in [7, 11) is 0. The van der Waals surface area contributed by atoms with Crippen molar-refractivity contribution < 1.29 is 4.39 Å². The van der Waals surface area contributed by atoms with Crippen LogP contribution in [0.1, 0.15) is 56.9 Å². The molecule has 120 valence electrons.